The third-order valence-electron chi connectivity index (χ3n) is 2.66. The lowest BCUT2D eigenvalue weighted by molar-refractivity contribution is -0.145. The van der Waals surface area contributed by atoms with Gasteiger partial charge in [0.05, 0.1) is 11.3 Å². The first kappa shape index (κ1) is 24.1. The third-order valence-corrected chi connectivity index (χ3v) is 4.03. The Bertz CT molecular complexity index is 766. The Morgan fingerprint density at radius 1 is 1.19 bits per heavy atom. The Kier molecular flexibility index (Phi) is 9.21. The molecule has 1 atom stereocenters. The number of benzene rings is 1. The molecule has 0 aliphatic carbocycles. The summed E-state index contributed by atoms with van der Waals surface area (Å²) < 4.78 is 27.0. The number of hydrogen-bond acceptors (Lipinski definition) is 6. The maximum atomic E-state index is 11.2. The average Bonchev–Trinajstić information content (AvgIpc) is 2.53. The van der Waals surface area contributed by atoms with Crippen LogP contribution in [0.4, 0.5) is 4.79 Å². The lowest BCUT2D eigenvalue weighted by atomic mass is 10.2. The van der Waals surface area contributed by atoms with E-state index in [1.54, 1.807) is 39.0 Å². The summed E-state index contributed by atoms with van der Waals surface area (Å²) in [6.07, 6.45) is -1.66. The highest BCUT2D eigenvalue weighted by molar-refractivity contribution is 7.94. The number of carboxylic acid groups (broad SMARTS) is 2. The number of carboxylic acids is 2. The quantitative estimate of drug-likeness (QED) is 0.656. The van der Waals surface area contributed by atoms with Crippen molar-refractivity contribution in [1.29, 1.82) is 0 Å². The molecule has 0 aliphatic heterocycles. The molecule has 0 saturated carbocycles. The molecule has 27 heavy (non-hydrogen) atoms. The van der Waals surface area contributed by atoms with Crippen LogP contribution in [0.25, 0.3) is 0 Å². The van der Waals surface area contributed by atoms with Crippen molar-refractivity contribution >= 4 is 27.9 Å². The van der Waals surface area contributed by atoms with Crippen molar-refractivity contribution in [2.45, 2.75) is 43.7 Å². The molecule has 0 saturated heterocycles. The fourth-order valence-electron chi connectivity index (χ4n) is 1.53. The van der Waals surface area contributed by atoms with Crippen molar-refractivity contribution in [3.8, 4) is 0 Å². The predicted octanol–water partition coefficient (Wildman–Crippen LogP) is 2.04. The topological polar surface area (TPSA) is 147 Å². The molecule has 0 fully saturated rings. The Morgan fingerprint density at radius 2 is 1.70 bits per heavy atom. The number of aliphatic carboxylic acids is 2. The van der Waals surface area contributed by atoms with Crippen molar-refractivity contribution in [3.63, 3.8) is 0 Å². The molecule has 3 N–H and O–H groups in total. The number of sulfone groups is 1. The zero-order chi connectivity index (χ0) is 21.3. The number of rotatable bonds is 6. The standard InChI is InChI=1S/C9H15NO6.C8H8O2S/c1-9(2,3)16-8(15)10-5(7(13)14)4-6(11)12;1-2-11(9,10)8-6-4-3-5-7-8/h5H,4H2,1-3H3,(H,10,15)(H,11,12)(H,13,14);2-7H,1H2/t5-;/m0./s1. The summed E-state index contributed by atoms with van der Waals surface area (Å²) in [6, 6.07) is 6.70. The molecule has 1 aromatic carbocycles. The van der Waals surface area contributed by atoms with Crippen molar-refractivity contribution < 1.29 is 37.8 Å². The molecule has 1 amide bonds. The Morgan fingerprint density at radius 3 is 2.07 bits per heavy atom. The van der Waals surface area contributed by atoms with E-state index in [2.05, 4.69) is 6.58 Å². The van der Waals surface area contributed by atoms with Crippen LogP contribution in [0.15, 0.2) is 47.2 Å². The van der Waals surface area contributed by atoms with E-state index >= 15 is 0 Å². The number of nitrogens with one attached hydrogen (secondary N) is 1. The molecule has 0 aromatic heterocycles. The molecule has 0 radical (unpaired) electrons. The summed E-state index contributed by atoms with van der Waals surface area (Å²) in [4.78, 5) is 32.4. The molecule has 1 rings (SSSR count). The Hall–Kier alpha value is -2.88. The van der Waals surface area contributed by atoms with Gasteiger partial charge in [0.25, 0.3) is 0 Å². The van der Waals surface area contributed by atoms with Crippen LogP contribution in [-0.4, -0.2) is 48.3 Å². The summed E-state index contributed by atoms with van der Waals surface area (Å²) in [6.45, 7) is 8.05. The SMILES string of the molecule is C=CS(=O)(=O)c1ccccc1.CC(C)(C)OC(=O)N[C@@H](CC(=O)O)C(=O)O. The van der Waals surface area contributed by atoms with Gasteiger partial charge in [0.2, 0.25) is 0 Å². The number of amides is 1. The Balaban J connectivity index is 0.000000533. The molecule has 9 nitrogen and oxygen atoms in total. The van der Waals surface area contributed by atoms with E-state index in [1.165, 1.54) is 12.1 Å². The smallest absolute Gasteiger partial charge is 0.408 e. The largest absolute Gasteiger partial charge is 0.481 e. The van der Waals surface area contributed by atoms with E-state index in [0.717, 1.165) is 5.41 Å². The minimum Gasteiger partial charge on any atom is -0.481 e. The van der Waals surface area contributed by atoms with E-state index in [1.807, 2.05) is 5.32 Å². The van der Waals surface area contributed by atoms with E-state index in [0.29, 0.717) is 0 Å². The molecular weight excluding hydrogens is 378 g/mol. The number of alkyl carbamates (subject to hydrolysis) is 1. The molecule has 150 valence electrons. The van der Waals surface area contributed by atoms with Crippen LogP contribution in [0, 0.1) is 0 Å². The second-order valence-corrected chi connectivity index (χ2v) is 8.05. The normalized spacial score (nSPS) is 12.0. The van der Waals surface area contributed by atoms with Crippen LogP contribution in [-0.2, 0) is 24.2 Å². The van der Waals surface area contributed by atoms with Crippen LogP contribution in [0.1, 0.15) is 27.2 Å². The van der Waals surface area contributed by atoms with Crippen molar-refractivity contribution in [2.24, 2.45) is 0 Å². The van der Waals surface area contributed by atoms with Crippen LogP contribution < -0.4 is 5.32 Å². The van der Waals surface area contributed by atoms with Gasteiger partial charge in [0.1, 0.15) is 11.6 Å². The molecule has 0 aliphatic rings. The maximum Gasteiger partial charge on any atom is 0.408 e. The van der Waals surface area contributed by atoms with Gasteiger partial charge in [0.15, 0.2) is 9.84 Å². The predicted molar refractivity (Wildman–Crippen MR) is 96.9 cm³/mol. The van der Waals surface area contributed by atoms with E-state index in [-0.39, 0.29) is 4.90 Å². The summed E-state index contributed by atoms with van der Waals surface area (Å²) in [5, 5.41) is 20.0. The van der Waals surface area contributed by atoms with Gasteiger partial charge in [0, 0.05) is 5.41 Å². The molecule has 10 heteroatoms. The maximum absolute atomic E-state index is 11.2. The van der Waals surface area contributed by atoms with E-state index in [4.69, 9.17) is 14.9 Å². The Labute approximate surface area is 157 Å². The third kappa shape index (κ3) is 10.6. The number of ether oxygens (including phenoxy) is 1. The summed E-state index contributed by atoms with van der Waals surface area (Å²) in [5.41, 5.74) is -0.767. The molecule has 0 unspecified atom stereocenters. The van der Waals surface area contributed by atoms with Gasteiger partial charge in [-0.05, 0) is 32.9 Å². The van der Waals surface area contributed by atoms with Gasteiger partial charge in [-0.3, -0.25) is 4.79 Å². The van der Waals surface area contributed by atoms with Gasteiger partial charge in [-0.15, -0.1) is 0 Å². The summed E-state index contributed by atoms with van der Waals surface area (Å²) in [5.74, 6) is -2.74. The van der Waals surface area contributed by atoms with Crippen LogP contribution in [0.2, 0.25) is 0 Å². The fourth-order valence-corrected chi connectivity index (χ4v) is 2.26. The molecular formula is C17H23NO8S. The monoisotopic (exact) mass is 401 g/mol. The zero-order valence-electron chi connectivity index (χ0n) is 15.2. The van der Waals surface area contributed by atoms with E-state index < -0.39 is 45.9 Å². The molecule has 0 bridgehead atoms. The van der Waals surface area contributed by atoms with Crippen molar-refractivity contribution in [2.75, 3.05) is 0 Å². The highest BCUT2D eigenvalue weighted by atomic mass is 32.2. The van der Waals surface area contributed by atoms with Crippen LogP contribution >= 0.6 is 0 Å². The summed E-state index contributed by atoms with van der Waals surface area (Å²) in [7, 11) is -3.23. The first-order valence-electron chi connectivity index (χ1n) is 7.65. The van der Waals surface area contributed by atoms with Crippen molar-refractivity contribution in [3.05, 3.63) is 42.3 Å². The minimum atomic E-state index is -3.23. The second-order valence-electron chi connectivity index (χ2n) is 6.16. The first-order valence-corrected chi connectivity index (χ1v) is 9.20. The zero-order valence-corrected chi connectivity index (χ0v) is 16.0. The average molecular weight is 401 g/mol. The van der Waals surface area contributed by atoms with Gasteiger partial charge < -0.3 is 20.3 Å². The number of carbonyl (C=O) groups is 3. The molecule has 0 spiro atoms. The number of carbonyl (C=O) groups excluding carboxylic acids is 1. The second kappa shape index (κ2) is 10.3. The molecule has 0 heterocycles. The highest BCUT2D eigenvalue weighted by Crippen LogP contribution is 2.09. The highest BCUT2D eigenvalue weighted by Gasteiger charge is 2.25. The summed E-state index contributed by atoms with van der Waals surface area (Å²) >= 11 is 0. The van der Waals surface area contributed by atoms with Gasteiger partial charge in [-0.25, -0.2) is 18.0 Å². The first-order chi connectivity index (χ1) is 12.3. The number of hydrogen-bond donors (Lipinski definition) is 3. The lowest BCUT2D eigenvalue weighted by Crippen LogP contribution is -2.44. The van der Waals surface area contributed by atoms with E-state index in [9.17, 15) is 22.8 Å². The molecule has 1 aromatic rings. The van der Waals surface area contributed by atoms with Crippen LogP contribution in [0.5, 0.6) is 0 Å². The fraction of sp³-hybridized carbons (Fsp3) is 0.353. The lowest BCUT2D eigenvalue weighted by Gasteiger charge is -2.21. The van der Waals surface area contributed by atoms with Gasteiger partial charge >= 0.3 is 18.0 Å². The van der Waals surface area contributed by atoms with Gasteiger partial charge in [-0.2, -0.15) is 0 Å². The van der Waals surface area contributed by atoms with Crippen LogP contribution in [0.3, 0.4) is 0 Å². The van der Waals surface area contributed by atoms with Gasteiger partial charge in [-0.1, -0.05) is 24.8 Å². The minimum absolute atomic E-state index is 0.287. The van der Waals surface area contributed by atoms with Crippen molar-refractivity contribution in [1.82, 2.24) is 5.32 Å².